The van der Waals surface area contributed by atoms with E-state index in [1.165, 1.54) is 12.0 Å². The highest BCUT2D eigenvalue weighted by atomic mass is 16.5. The Labute approximate surface area is 179 Å². The van der Waals surface area contributed by atoms with Crippen LogP contribution in [0.1, 0.15) is 88.7 Å². The van der Waals surface area contributed by atoms with Gasteiger partial charge in [0.15, 0.2) is 0 Å². The monoisotopic (exact) mass is 407 g/mol. The Kier molecular flexibility index (Phi) is 3.76. The van der Waals surface area contributed by atoms with Gasteiger partial charge in [0.05, 0.1) is 17.6 Å². The number of hydrogen-bond acceptors (Lipinski definition) is 4. The zero-order valence-corrected chi connectivity index (χ0v) is 18.2. The molecule has 1 aromatic rings. The number of aromatic hydroxyl groups is 1. The highest BCUT2D eigenvalue weighted by Crippen LogP contribution is 2.66. The molecule has 30 heavy (non-hydrogen) atoms. The molecule has 0 saturated heterocycles. The number of fused-ring (bicyclic) bond motifs is 3. The fourth-order valence-corrected chi connectivity index (χ4v) is 8.76. The second kappa shape index (κ2) is 5.94. The first kappa shape index (κ1) is 19.0. The number of aliphatic hydroxyl groups excluding tert-OH is 1. The first-order valence-electron chi connectivity index (χ1n) is 11.9. The molecule has 5 saturated carbocycles. The van der Waals surface area contributed by atoms with Crippen molar-refractivity contribution < 1.29 is 14.9 Å². The third kappa shape index (κ3) is 2.54. The van der Waals surface area contributed by atoms with Gasteiger partial charge in [0.2, 0.25) is 0 Å². The van der Waals surface area contributed by atoms with Crippen molar-refractivity contribution in [3.63, 3.8) is 0 Å². The van der Waals surface area contributed by atoms with Crippen molar-refractivity contribution in [2.45, 2.75) is 94.7 Å². The van der Waals surface area contributed by atoms with Crippen LogP contribution in [-0.2, 0) is 5.41 Å². The summed E-state index contributed by atoms with van der Waals surface area (Å²) >= 11 is 0. The molecule has 2 N–H and O–H groups in total. The van der Waals surface area contributed by atoms with Crippen molar-refractivity contribution in [2.24, 2.45) is 23.2 Å². The summed E-state index contributed by atoms with van der Waals surface area (Å²) in [6.07, 6.45) is 8.73. The summed E-state index contributed by atoms with van der Waals surface area (Å²) in [5.74, 6) is 2.88. The van der Waals surface area contributed by atoms with Crippen LogP contribution < -0.4 is 4.74 Å². The van der Waals surface area contributed by atoms with Gasteiger partial charge in [0.25, 0.3) is 0 Å². The predicted octanol–water partition coefficient (Wildman–Crippen LogP) is 5.17. The van der Waals surface area contributed by atoms with Crippen LogP contribution in [0.3, 0.4) is 0 Å². The standard InChI is InChI=1S/C26H33NO3/c1-24(2)20-4-3-18(28)8-19(20)23-21(29)6-17(7-22(23)30-24)26-11-15-5-16(12-26)10-25(9-15,13-26)14-27/h6-7,15-16,18-20,28-29H,3-5,8-13H2,1-2H3/t15?,16?,18-,19-,20-,25?,26?/m1/s1. The van der Waals surface area contributed by atoms with Gasteiger partial charge in [0.1, 0.15) is 17.1 Å². The molecule has 160 valence electrons. The molecule has 5 atom stereocenters. The summed E-state index contributed by atoms with van der Waals surface area (Å²) in [4.78, 5) is 0. The molecule has 7 rings (SSSR count). The molecular weight excluding hydrogens is 374 g/mol. The summed E-state index contributed by atoms with van der Waals surface area (Å²) in [5.41, 5.74) is 1.61. The van der Waals surface area contributed by atoms with E-state index in [0.717, 1.165) is 56.3 Å². The van der Waals surface area contributed by atoms with Gasteiger partial charge in [-0.25, -0.2) is 0 Å². The number of hydrogen-bond donors (Lipinski definition) is 2. The minimum atomic E-state index is -0.307. The van der Waals surface area contributed by atoms with Gasteiger partial charge in [-0.1, -0.05) is 0 Å². The quantitative estimate of drug-likeness (QED) is 0.674. The minimum Gasteiger partial charge on any atom is -0.508 e. The fraction of sp³-hybridized carbons (Fsp3) is 0.731. The van der Waals surface area contributed by atoms with Crippen molar-refractivity contribution in [2.75, 3.05) is 0 Å². The van der Waals surface area contributed by atoms with E-state index in [2.05, 4.69) is 26.0 Å². The van der Waals surface area contributed by atoms with Crippen molar-refractivity contribution in [3.05, 3.63) is 23.3 Å². The third-order valence-electron chi connectivity index (χ3n) is 9.49. The lowest BCUT2D eigenvalue weighted by atomic mass is 9.43. The third-order valence-corrected chi connectivity index (χ3v) is 9.49. The first-order valence-corrected chi connectivity index (χ1v) is 11.9. The van der Waals surface area contributed by atoms with Crippen LogP contribution in [0.15, 0.2) is 12.1 Å². The van der Waals surface area contributed by atoms with Gasteiger partial charge in [-0.15, -0.1) is 0 Å². The summed E-state index contributed by atoms with van der Waals surface area (Å²) in [5, 5.41) is 31.6. The van der Waals surface area contributed by atoms with Gasteiger partial charge in [-0.3, -0.25) is 0 Å². The lowest BCUT2D eigenvalue weighted by molar-refractivity contribution is -0.0434. The summed E-state index contributed by atoms with van der Waals surface area (Å²) in [6, 6.07) is 6.91. The number of nitriles is 1. The van der Waals surface area contributed by atoms with E-state index in [0.29, 0.717) is 29.9 Å². The molecule has 5 aliphatic carbocycles. The van der Waals surface area contributed by atoms with Crippen LogP contribution in [0.5, 0.6) is 11.5 Å². The Morgan fingerprint density at radius 1 is 1.07 bits per heavy atom. The smallest absolute Gasteiger partial charge is 0.127 e. The molecule has 1 aliphatic heterocycles. The van der Waals surface area contributed by atoms with Gasteiger partial charge in [0, 0.05) is 17.4 Å². The SMILES string of the molecule is CC1(C)Oc2cc(C34CC5CC(CC(C#N)(C5)C3)C4)cc(O)c2[C@@H]2C[C@H](O)CC[C@H]21. The van der Waals surface area contributed by atoms with Crippen LogP contribution >= 0.6 is 0 Å². The highest BCUT2D eigenvalue weighted by Gasteiger charge is 2.59. The molecule has 5 fully saturated rings. The zero-order chi connectivity index (χ0) is 20.9. The van der Waals surface area contributed by atoms with Crippen molar-refractivity contribution >= 4 is 0 Å². The van der Waals surface area contributed by atoms with Crippen LogP contribution in [0.25, 0.3) is 0 Å². The topological polar surface area (TPSA) is 73.5 Å². The average Bonchev–Trinajstić information content (AvgIpc) is 2.65. The zero-order valence-electron chi connectivity index (χ0n) is 18.2. The summed E-state index contributed by atoms with van der Waals surface area (Å²) in [6.45, 7) is 4.31. The van der Waals surface area contributed by atoms with E-state index in [9.17, 15) is 15.5 Å². The number of phenolic OH excluding ortho intramolecular Hbond substituents is 1. The maximum Gasteiger partial charge on any atom is 0.127 e. The molecule has 4 heteroatoms. The van der Waals surface area contributed by atoms with E-state index in [4.69, 9.17) is 4.74 Å². The number of aliphatic hydroxyl groups is 1. The molecule has 2 unspecified atom stereocenters. The van der Waals surface area contributed by atoms with E-state index in [1.54, 1.807) is 0 Å². The molecule has 4 nitrogen and oxygen atoms in total. The minimum absolute atomic E-state index is 0.00273. The van der Waals surface area contributed by atoms with Crippen molar-refractivity contribution in [1.82, 2.24) is 0 Å². The van der Waals surface area contributed by atoms with E-state index >= 15 is 0 Å². The van der Waals surface area contributed by atoms with Gasteiger partial charge >= 0.3 is 0 Å². The Hall–Kier alpha value is -1.73. The van der Waals surface area contributed by atoms with Crippen LogP contribution in [0, 0.1) is 34.5 Å². The second-order valence-electron chi connectivity index (χ2n) is 11.9. The Bertz CT molecular complexity index is 930. The molecule has 4 bridgehead atoms. The van der Waals surface area contributed by atoms with Crippen molar-refractivity contribution in [3.8, 4) is 17.6 Å². The summed E-state index contributed by atoms with van der Waals surface area (Å²) in [7, 11) is 0. The van der Waals surface area contributed by atoms with Gasteiger partial charge in [-0.2, -0.15) is 5.26 Å². The predicted molar refractivity (Wildman–Crippen MR) is 113 cm³/mol. The number of ether oxygens (including phenoxy) is 1. The Morgan fingerprint density at radius 3 is 2.50 bits per heavy atom. The normalized spacial score (nSPS) is 45.2. The van der Waals surface area contributed by atoms with Crippen LogP contribution in [-0.4, -0.2) is 21.9 Å². The average molecular weight is 408 g/mol. The largest absolute Gasteiger partial charge is 0.508 e. The first-order chi connectivity index (χ1) is 14.2. The molecular formula is C26H33NO3. The fourth-order valence-electron chi connectivity index (χ4n) is 8.76. The molecule has 1 heterocycles. The lowest BCUT2D eigenvalue weighted by Gasteiger charge is -2.60. The number of nitrogens with zero attached hydrogens (tertiary/aromatic N) is 1. The van der Waals surface area contributed by atoms with E-state index < -0.39 is 0 Å². The molecule has 0 aromatic heterocycles. The highest BCUT2D eigenvalue weighted by molar-refractivity contribution is 5.54. The summed E-state index contributed by atoms with van der Waals surface area (Å²) < 4.78 is 6.55. The molecule has 6 aliphatic rings. The van der Waals surface area contributed by atoms with E-state index in [1.807, 2.05) is 6.07 Å². The number of benzene rings is 1. The molecule has 0 spiro atoms. The molecule has 0 radical (unpaired) electrons. The number of rotatable bonds is 1. The van der Waals surface area contributed by atoms with Crippen molar-refractivity contribution in [1.29, 1.82) is 5.26 Å². The molecule has 1 aromatic carbocycles. The second-order valence-corrected chi connectivity index (χ2v) is 11.9. The van der Waals surface area contributed by atoms with Crippen LogP contribution in [0.4, 0.5) is 0 Å². The number of phenols is 1. The van der Waals surface area contributed by atoms with Gasteiger partial charge < -0.3 is 14.9 Å². The van der Waals surface area contributed by atoms with E-state index in [-0.39, 0.29) is 28.5 Å². The van der Waals surface area contributed by atoms with Crippen LogP contribution in [0.2, 0.25) is 0 Å². The molecule has 0 amide bonds. The Morgan fingerprint density at radius 2 is 1.80 bits per heavy atom. The maximum atomic E-state index is 11.2. The van der Waals surface area contributed by atoms with Gasteiger partial charge in [-0.05, 0) is 107 Å². The lowest BCUT2D eigenvalue weighted by Crippen LogP contribution is -2.53. The Balaban J connectivity index is 1.45. The maximum absolute atomic E-state index is 11.2.